The van der Waals surface area contributed by atoms with Crippen molar-refractivity contribution in [3.05, 3.63) is 24.2 Å². The summed E-state index contributed by atoms with van der Waals surface area (Å²) in [5, 5.41) is 0. The zero-order valence-corrected chi connectivity index (χ0v) is 14.1. The van der Waals surface area contributed by atoms with Crippen LogP contribution in [0.15, 0.2) is 18.3 Å². The molecule has 5 heteroatoms. The van der Waals surface area contributed by atoms with Crippen LogP contribution in [0.4, 0.5) is 0 Å². The van der Waals surface area contributed by atoms with Crippen molar-refractivity contribution in [2.24, 2.45) is 11.8 Å². The Balaban J connectivity index is 1.63. The number of hydrogen-bond acceptors (Lipinski definition) is 4. The smallest absolute Gasteiger partial charge is 0.159 e. The standard InChI is InChI=1S/C17H24N4S/c1-20-7-4-13(10-20)9-16-19-15-3-2-6-18-17(15)21(16)11-14-5-8-22-12-14/h2-3,6,13-14H,4-5,7-12H2,1H3. The minimum absolute atomic E-state index is 0.749. The molecule has 0 amide bonds. The molecule has 0 spiro atoms. The molecule has 22 heavy (non-hydrogen) atoms. The summed E-state index contributed by atoms with van der Waals surface area (Å²) in [7, 11) is 2.22. The van der Waals surface area contributed by atoms with Crippen LogP contribution >= 0.6 is 11.8 Å². The molecule has 2 atom stereocenters. The van der Waals surface area contributed by atoms with Gasteiger partial charge in [-0.1, -0.05) is 0 Å². The van der Waals surface area contributed by atoms with Crippen LogP contribution in [-0.4, -0.2) is 51.1 Å². The number of imidazole rings is 1. The van der Waals surface area contributed by atoms with Gasteiger partial charge >= 0.3 is 0 Å². The fourth-order valence-corrected chi connectivity index (χ4v) is 5.06. The second-order valence-electron chi connectivity index (χ2n) is 6.84. The fourth-order valence-electron chi connectivity index (χ4n) is 3.79. The first-order valence-electron chi connectivity index (χ1n) is 8.36. The summed E-state index contributed by atoms with van der Waals surface area (Å²) in [6.45, 7) is 3.52. The van der Waals surface area contributed by atoms with E-state index >= 15 is 0 Å². The minimum atomic E-state index is 0.749. The second-order valence-corrected chi connectivity index (χ2v) is 7.99. The van der Waals surface area contributed by atoms with Crippen molar-refractivity contribution in [2.75, 3.05) is 31.6 Å². The molecule has 2 saturated heterocycles. The van der Waals surface area contributed by atoms with E-state index in [1.165, 1.54) is 43.3 Å². The molecule has 118 valence electrons. The molecular weight excluding hydrogens is 292 g/mol. The van der Waals surface area contributed by atoms with Gasteiger partial charge in [0.1, 0.15) is 11.3 Å². The van der Waals surface area contributed by atoms with Crippen LogP contribution in [0.2, 0.25) is 0 Å². The number of hydrogen-bond donors (Lipinski definition) is 0. The van der Waals surface area contributed by atoms with Gasteiger partial charge in [-0.15, -0.1) is 0 Å². The highest BCUT2D eigenvalue weighted by atomic mass is 32.2. The molecule has 0 aliphatic carbocycles. The number of nitrogens with zero attached hydrogens (tertiary/aromatic N) is 4. The van der Waals surface area contributed by atoms with Crippen LogP contribution in [-0.2, 0) is 13.0 Å². The Morgan fingerprint density at radius 2 is 2.27 bits per heavy atom. The van der Waals surface area contributed by atoms with Crippen LogP contribution in [0.5, 0.6) is 0 Å². The average Bonchev–Trinajstić information content (AvgIpc) is 3.23. The van der Waals surface area contributed by atoms with E-state index in [0.29, 0.717) is 0 Å². The van der Waals surface area contributed by atoms with Gasteiger partial charge in [-0.25, -0.2) is 9.97 Å². The van der Waals surface area contributed by atoms with E-state index in [4.69, 9.17) is 4.98 Å². The lowest BCUT2D eigenvalue weighted by Gasteiger charge is -2.15. The van der Waals surface area contributed by atoms with Gasteiger partial charge in [0.15, 0.2) is 5.65 Å². The monoisotopic (exact) mass is 316 g/mol. The van der Waals surface area contributed by atoms with Crippen LogP contribution in [0.25, 0.3) is 11.2 Å². The lowest BCUT2D eigenvalue weighted by atomic mass is 10.0. The van der Waals surface area contributed by atoms with Crippen LogP contribution in [0.3, 0.4) is 0 Å². The molecule has 0 saturated carbocycles. The van der Waals surface area contributed by atoms with Crippen molar-refractivity contribution in [1.29, 1.82) is 0 Å². The highest BCUT2D eigenvalue weighted by molar-refractivity contribution is 7.99. The van der Waals surface area contributed by atoms with E-state index < -0.39 is 0 Å². The van der Waals surface area contributed by atoms with E-state index in [2.05, 4.69) is 39.3 Å². The van der Waals surface area contributed by atoms with Gasteiger partial charge in [0.2, 0.25) is 0 Å². The van der Waals surface area contributed by atoms with Gasteiger partial charge in [-0.05, 0) is 61.9 Å². The Labute approximate surface area is 136 Å². The van der Waals surface area contributed by atoms with Crippen molar-refractivity contribution in [1.82, 2.24) is 19.4 Å². The average molecular weight is 316 g/mol. The van der Waals surface area contributed by atoms with Crippen molar-refractivity contribution in [2.45, 2.75) is 25.8 Å². The van der Waals surface area contributed by atoms with E-state index in [1.54, 1.807) is 0 Å². The lowest BCUT2D eigenvalue weighted by molar-refractivity contribution is 0.389. The molecule has 0 aromatic carbocycles. The van der Waals surface area contributed by atoms with Crippen LogP contribution in [0.1, 0.15) is 18.7 Å². The quantitative estimate of drug-likeness (QED) is 0.868. The predicted octanol–water partition coefficient (Wildman–Crippen LogP) is 2.68. The van der Waals surface area contributed by atoms with Gasteiger partial charge in [0.25, 0.3) is 0 Å². The Hall–Kier alpha value is -1.07. The molecule has 2 aromatic heterocycles. The molecule has 2 fully saturated rings. The molecule has 0 radical (unpaired) electrons. The molecular formula is C17H24N4S. The summed E-state index contributed by atoms with van der Waals surface area (Å²) in [5.74, 6) is 5.39. The normalized spacial score (nSPS) is 26.2. The first-order chi connectivity index (χ1) is 10.8. The highest BCUT2D eigenvalue weighted by Gasteiger charge is 2.24. The Morgan fingerprint density at radius 1 is 1.32 bits per heavy atom. The number of rotatable bonds is 4. The SMILES string of the molecule is CN1CCC(Cc2nc3cccnc3n2CC2CCSC2)C1. The van der Waals surface area contributed by atoms with Gasteiger partial charge < -0.3 is 9.47 Å². The minimum Gasteiger partial charge on any atom is -0.312 e. The lowest BCUT2D eigenvalue weighted by Crippen LogP contribution is -2.18. The van der Waals surface area contributed by atoms with Gasteiger partial charge in [-0.3, -0.25) is 0 Å². The number of likely N-dealkylation sites (tertiary alicyclic amines) is 1. The van der Waals surface area contributed by atoms with Crippen LogP contribution < -0.4 is 0 Å². The first-order valence-corrected chi connectivity index (χ1v) is 9.51. The zero-order valence-electron chi connectivity index (χ0n) is 13.2. The fraction of sp³-hybridized carbons (Fsp3) is 0.647. The summed E-state index contributed by atoms with van der Waals surface area (Å²) >= 11 is 2.09. The van der Waals surface area contributed by atoms with E-state index in [9.17, 15) is 0 Å². The summed E-state index contributed by atoms with van der Waals surface area (Å²) in [5.41, 5.74) is 2.15. The maximum atomic E-state index is 4.92. The summed E-state index contributed by atoms with van der Waals surface area (Å²) in [6, 6.07) is 4.10. The van der Waals surface area contributed by atoms with E-state index in [1.807, 2.05) is 12.3 Å². The Kier molecular flexibility index (Phi) is 4.09. The predicted molar refractivity (Wildman–Crippen MR) is 92.3 cm³/mol. The number of pyridine rings is 1. The molecule has 4 nitrogen and oxygen atoms in total. The molecule has 2 aliphatic rings. The summed E-state index contributed by atoms with van der Waals surface area (Å²) in [6.07, 6.45) is 5.63. The Morgan fingerprint density at radius 3 is 3.05 bits per heavy atom. The molecule has 2 aliphatic heterocycles. The van der Waals surface area contributed by atoms with Gasteiger partial charge in [0, 0.05) is 25.7 Å². The summed E-state index contributed by atoms with van der Waals surface area (Å²) in [4.78, 5) is 12.0. The van der Waals surface area contributed by atoms with Gasteiger partial charge in [0.05, 0.1) is 0 Å². The zero-order chi connectivity index (χ0) is 14.9. The third-order valence-electron chi connectivity index (χ3n) is 5.01. The van der Waals surface area contributed by atoms with Crippen molar-refractivity contribution < 1.29 is 0 Å². The van der Waals surface area contributed by atoms with E-state index in [-0.39, 0.29) is 0 Å². The van der Waals surface area contributed by atoms with Crippen molar-refractivity contribution in [3.8, 4) is 0 Å². The van der Waals surface area contributed by atoms with Crippen LogP contribution in [0, 0.1) is 11.8 Å². The molecule has 4 heterocycles. The summed E-state index contributed by atoms with van der Waals surface area (Å²) < 4.78 is 2.42. The molecule has 0 bridgehead atoms. The third-order valence-corrected chi connectivity index (χ3v) is 6.24. The third kappa shape index (κ3) is 2.88. The van der Waals surface area contributed by atoms with Gasteiger partial charge in [-0.2, -0.15) is 11.8 Å². The van der Waals surface area contributed by atoms with Crippen molar-refractivity contribution in [3.63, 3.8) is 0 Å². The number of fused-ring (bicyclic) bond motifs is 1. The largest absolute Gasteiger partial charge is 0.312 e. The second kappa shape index (κ2) is 6.20. The number of aromatic nitrogens is 3. The topological polar surface area (TPSA) is 34.0 Å². The maximum Gasteiger partial charge on any atom is 0.159 e. The van der Waals surface area contributed by atoms with Crippen molar-refractivity contribution >= 4 is 22.9 Å². The molecule has 2 unspecified atom stereocenters. The molecule has 2 aromatic rings. The Bertz CT molecular complexity index is 647. The molecule has 4 rings (SSSR count). The first kappa shape index (κ1) is 14.5. The van der Waals surface area contributed by atoms with E-state index in [0.717, 1.165) is 36.0 Å². The highest BCUT2D eigenvalue weighted by Crippen LogP contribution is 2.28. The maximum absolute atomic E-state index is 4.92. The molecule has 0 N–H and O–H groups in total. The number of thioether (sulfide) groups is 1.